The molecule has 0 amide bonds. The molecule has 0 bridgehead atoms. The highest BCUT2D eigenvalue weighted by Crippen LogP contribution is 2.21. The third kappa shape index (κ3) is 2.62. The monoisotopic (exact) mass is 299 g/mol. The molecule has 0 radical (unpaired) electrons. The van der Waals surface area contributed by atoms with Crippen LogP contribution in [0.3, 0.4) is 0 Å². The molecule has 1 heterocycles. The molecule has 0 fully saturated rings. The lowest BCUT2D eigenvalue weighted by Gasteiger charge is -2.08. The molecule has 0 saturated heterocycles. The third-order valence-corrected chi connectivity index (χ3v) is 3.98. The Morgan fingerprint density at radius 2 is 2.15 bits per heavy atom. The molecule has 0 aliphatic heterocycles. The number of rotatable bonds is 4. The molecule has 20 heavy (non-hydrogen) atoms. The number of halogens is 1. The fourth-order valence-electron chi connectivity index (χ4n) is 1.65. The average Bonchev–Trinajstić information content (AvgIpc) is 2.71. The van der Waals surface area contributed by atoms with Crippen LogP contribution in [0.4, 0.5) is 10.1 Å². The summed E-state index contributed by atoms with van der Waals surface area (Å²) in [5, 5.41) is 14.6. The lowest BCUT2D eigenvalue weighted by Crippen LogP contribution is -2.17. The van der Waals surface area contributed by atoms with Crippen molar-refractivity contribution in [2.75, 3.05) is 4.72 Å². The standard InChI is InChI=1S/C11H10FN3O4S/c1-6-10(9(11(16)17)14-13-6)20(18,19)15-8-4-2-3-7(12)5-8/h2-5,15H,1H3,(H,13,14)(H,16,17). The molecular weight excluding hydrogens is 289 g/mol. The number of aromatic nitrogens is 2. The van der Waals surface area contributed by atoms with Gasteiger partial charge in [-0.05, 0) is 25.1 Å². The van der Waals surface area contributed by atoms with Crippen LogP contribution in [0.1, 0.15) is 16.2 Å². The van der Waals surface area contributed by atoms with Crippen molar-refractivity contribution in [1.29, 1.82) is 0 Å². The molecule has 9 heteroatoms. The molecule has 0 spiro atoms. The minimum absolute atomic E-state index is 0.0121. The molecule has 0 unspecified atom stereocenters. The first-order valence-electron chi connectivity index (χ1n) is 5.38. The van der Waals surface area contributed by atoms with Crippen LogP contribution in [0, 0.1) is 12.7 Å². The van der Waals surface area contributed by atoms with Gasteiger partial charge >= 0.3 is 5.97 Å². The van der Waals surface area contributed by atoms with Gasteiger partial charge in [0.25, 0.3) is 10.0 Å². The van der Waals surface area contributed by atoms with Gasteiger partial charge in [0.05, 0.1) is 11.4 Å². The van der Waals surface area contributed by atoms with Crippen LogP contribution in [0.5, 0.6) is 0 Å². The Morgan fingerprint density at radius 3 is 2.75 bits per heavy atom. The number of aromatic carboxylic acids is 1. The largest absolute Gasteiger partial charge is 0.476 e. The summed E-state index contributed by atoms with van der Waals surface area (Å²) < 4.78 is 39.5. The number of anilines is 1. The first-order chi connectivity index (χ1) is 9.31. The maximum atomic E-state index is 13.0. The molecule has 0 aliphatic carbocycles. The number of carboxylic acid groups (broad SMARTS) is 1. The lowest BCUT2D eigenvalue weighted by molar-refractivity contribution is 0.0686. The van der Waals surface area contributed by atoms with E-state index in [9.17, 15) is 17.6 Å². The van der Waals surface area contributed by atoms with Crippen molar-refractivity contribution in [2.24, 2.45) is 0 Å². The van der Waals surface area contributed by atoms with E-state index < -0.39 is 32.4 Å². The normalized spacial score (nSPS) is 11.3. The number of H-pyrrole nitrogens is 1. The van der Waals surface area contributed by atoms with Crippen molar-refractivity contribution in [3.63, 3.8) is 0 Å². The molecule has 1 aromatic carbocycles. The molecule has 1 aromatic heterocycles. The van der Waals surface area contributed by atoms with Crippen LogP contribution in [0.2, 0.25) is 0 Å². The van der Waals surface area contributed by atoms with Gasteiger partial charge in [0, 0.05) is 0 Å². The number of hydrogen-bond donors (Lipinski definition) is 3. The second kappa shape index (κ2) is 4.93. The Morgan fingerprint density at radius 1 is 1.45 bits per heavy atom. The quantitative estimate of drug-likeness (QED) is 0.789. The van der Waals surface area contributed by atoms with Crippen molar-refractivity contribution >= 4 is 21.7 Å². The van der Waals surface area contributed by atoms with Crippen molar-refractivity contribution in [1.82, 2.24) is 10.2 Å². The molecule has 2 rings (SSSR count). The molecule has 0 saturated carbocycles. The van der Waals surface area contributed by atoms with Gasteiger partial charge in [0.15, 0.2) is 5.69 Å². The molecular formula is C11H10FN3O4S. The summed E-state index contributed by atoms with van der Waals surface area (Å²) in [7, 11) is -4.18. The van der Waals surface area contributed by atoms with E-state index in [0.717, 1.165) is 12.1 Å². The van der Waals surface area contributed by atoms with Crippen molar-refractivity contribution in [3.8, 4) is 0 Å². The topological polar surface area (TPSA) is 112 Å². The predicted octanol–water partition coefficient (Wildman–Crippen LogP) is 1.36. The highest BCUT2D eigenvalue weighted by molar-refractivity contribution is 7.92. The van der Waals surface area contributed by atoms with E-state index in [1.165, 1.54) is 19.1 Å². The Kier molecular flexibility index (Phi) is 3.45. The summed E-state index contributed by atoms with van der Waals surface area (Å²) in [6.07, 6.45) is 0. The second-order valence-corrected chi connectivity index (χ2v) is 5.57. The Bertz CT molecular complexity index is 770. The van der Waals surface area contributed by atoms with Crippen LogP contribution in [-0.2, 0) is 10.0 Å². The van der Waals surface area contributed by atoms with Crippen LogP contribution in [-0.4, -0.2) is 29.7 Å². The molecule has 0 atom stereocenters. The Labute approximate surface area is 113 Å². The first kappa shape index (κ1) is 14.0. The zero-order chi connectivity index (χ0) is 14.9. The van der Waals surface area contributed by atoms with Crippen LogP contribution >= 0.6 is 0 Å². The highest BCUT2D eigenvalue weighted by atomic mass is 32.2. The number of benzene rings is 1. The smallest absolute Gasteiger partial charge is 0.357 e. The van der Waals surface area contributed by atoms with Gasteiger partial charge in [-0.2, -0.15) is 5.10 Å². The van der Waals surface area contributed by atoms with Crippen LogP contribution in [0.25, 0.3) is 0 Å². The zero-order valence-corrected chi connectivity index (χ0v) is 11.0. The van der Waals surface area contributed by atoms with Gasteiger partial charge in [-0.3, -0.25) is 9.82 Å². The summed E-state index contributed by atoms with van der Waals surface area (Å²) in [4.78, 5) is 10.5. The number of sulfonamides is 1. The lowest BCUT2D eigenvalue weighted by atomic mass is 10.3. The van der Waals surface area contributed by atoms with E-state index in [0.29, 0.717) is 0 Å². The van der Waals surface area contributed by atoms with Crippen LogP contribution < -0.4 is 4.72 Å². The number of carbonyl (C=O) groups is 1. The summed E-state index contributed by atoms with van der Waals surface area (Å²) in [6, 6.07) is 4.81. The first-order valence-corrected chi connectivity index (χ1v) is 6.86. The summed E-state index contributed by atoms with van der Waals surface area (Å²) in [5.74, 6) is -2.10. The van der Waals surface area contributed by atoms with Crippen molar-refractivity contribution in [3.05, 3.63) is 41.5 Å². The number of carboxylic acids is 1. The van der Waals surface area contributed by atoms with Gasteiger partial charge in [-0.25, -0.2) is 17.6 Å². The van der Waals surface area contributed by atoms with Crippen LogP contribution in [0.15, 0.2) is 29.2 Å². The highest BCUT2D eigenvalue weighted by Gasteiger charge is 2.28. The van der Waals surface area contributed by atoms with E-state index in [2.05, 4.69) is 14.9 Å². The van der Waals surface area contributed by atoms with Gasteiger partial charge in [0.1, 0.15) is 10.7 Å². The average molecular weight is 299 g/mol. The van der Waals surface area contributed by atoms with E-state index in [1.807, 2.05) is 0 Å². The van der Waals surface area contributed by atoms with Crippen molar-refractivity contribution in [2.45, 2.75) is 11.8 Å². The predicted molar refractivity (Wildman–Crippen MR) is 67.5 cm³/mol. The number of aromatic amines is 1. The number of nitrogens with zero attached hydrogens (tertiary/aromatic N) is 1. The minimum atomic E-state index is -4.18. The number of nitrogens with one attached hydrogen (secondary N) is 2. The van der Waals surface area contributed by atoms with Gasteiger partial charge in [0.2, 0.25) is 0 Å². The number of aryl methyl sites for hydroxylation is 1. The molecule has 7 nitrogen and oxygen atoms in total. The molecule has 0 aliphatic rings. The zero-order valence-electron chi connectivity index (χ0n) is 10.2. The van der Waals surface area contributed by atoms with E-state index in [4.69, 9.17) is 5.11 Å². The summed E-state index contributed by atoms with van der Waals surface area (Å²) in [6.45, 7) is 1.37. The summed E-state index contributed by atoms with van der Waals surface area (Å²) >= 11 is 0. The fourth-order valence-corrected chi connectivity index (χ4v) is 3.03. The molecule has 2 aromatic rings. The van der Waals surface area contributed by atoms with Crippen molar-refractivity contribution < 1.29 is 22.7 Å². The fraction of sp³-hybridized carbons (Fsp3) is 0.0909. The number of hydrogen-bond acceptors (Lipinski definition) is 4. The van der Waals surface area contributed by atoms with Gasteiger partial charge in [-0.15, -0.1) is 0 Å². The molecule has 3 N–H and O–H groups in total. The Hall–Kier alpha value is -2.42. The second-order valence-electron chi connectivity index (χ2n) is 3.95. The Balaban J connectivity index is 2.46. The summed E-state index contributed by atoms with van der Waals surface area (Å²) in [5.41, 5.74) is -0.556. The SMILES string of the molecule is Cc1[nH]nc(C(=O)O)c1S(=O)(=O)Nc1cccc(F)c1. The van der Waals surface area contributed by atoms with E-state index in [1.54, 1.807) is 0 Å². The van der Waals surface area contributed by atoms with E-state index in [-0.39, 0.29) is 11.4 Å². The van der Waals surface area contributed by atoms with Gasteiger partial charge in [-0.1, -0.05) is 6.07 Å². The maximum absolute atomic E-state index is 13.0. The van der Waals surface area contributed by atoms with E-state index >= 15 is 0 Å². The maximum Gasteiger partial charge on any atom is 0.357 e. The molecule has 106 valence electrons. The minimum Gasteiger partial charge on any atom is -0.476 e. The third-order valence-electron chi connectivity index (χ3n) is 2.44. The van der Waals surface area contributed by atoms with Gasteiger partial charge < -0.3 is 5.11 Å².